The first kappa shape index (κ1) is 14.5. The fourth-order valence-electron chi connectivity index (χ4n) is 2.86. The molecule has 0 amide bonds. The van der Waals surface area contributed by atoms with Gasteiger partial charge in [0.15, 0.2) is 0 Å². The maximum atomic E-state index is 9.81. The quantitative estimate of drug-likeness (QED) is 0.857. The predicted molar refractivity (Wildman–Crippen MR) is 75.2 cm³/mol. The fraction of sp³-hybridized carbons (Fsp3) is 0.625. The van der Waals surface area contributed by atoms with Gasteiger partial charge < -0.3 is 14.9 Å². The smallest absolute Gasteiger partial charge is 0.0590 e. The third kappa shape index (κ3) is 3.16. The van der Waals surface area contributed by atoms with E-state index in [9.17, 15) is 10.2 Å². The van der Waals surface area contributed by atoms with E-state index in [-0.39, 0.29) is 25.4 Å². The summed E-state index contributed by atoms with van der Waals surface area (Å²) < 4.78 is 5.84. The highest BCUT2D eigenvalue weighted by Gasteiger charge is 2.36. The van der Waals surface area contributed by atoms with E-state index < -0.39 is 5.41 Å². The van der Waals surface area contributed by atoms with Crippen LogP contribution in [0.4, 0.5) is 0 Å². The molecule has 106 valence electrons. The van der Waals surface area contributed by atoms with Gasteiger partial charge in [-0.3, -0.25) is 0 Å². The summed E-state index contributed by atoms with van der Waals surface area (Å²) in [6.45, 7) is 4.00. The summed E-state index contributed by atoms with van der Waals surface area (Å²) in [5.74, 6) is 0. The standard InChI is InChI=1S/C16H24O3/c1-12-3-6-14(7-4-12)16(10-17,11-18)9-15-8-5-13(2)19-15/h3-4,6-7,13,15,17-18H,5,8-11H2,1-2H3. The molecule has 0 saturated carbocycles. The molecule has 2 rings (SSSR count). The van der Waals surface area contributed by atoms with Crippen molar-refractivity contribution in [2.75, 3.05) is 13.2 Å². The molecule has 1 fully saturated rings. The van der Waals surface area contributed by atoms with Crippen molar-refractivity contribution in [2.24, 2.45) is 0 Å². The lowest BCUT2D eigenvalue weighted by molar-refractivity contribution is 0.0113. The summed E-state index contributed by atoms with van der Waals surface area (Å²) in [5.41, 5.74) is 1.58. The predicted octanol–water partition coefficient (Wildman–Crippen LogP) is 2.18. The van der Waals surface area contributed by atoms with E-state index in [1.165, 1.54) is 5.56 Å². The Morgan fingerprint density at radius 2 is 1.79 bits per heavy atom. The van der Waals surface area contributed by atoms with Crippen molar-refractivity contribution in [3.63, 3.8) is 0 Å². The monoisotopic (exact) mass is 264 g/mol. The van der Waals surface area contributed by atoms with Gasteiger partial charge in [0.2, 0.25) is 0 Å². The van der Waals surface area contributed by atoms with Gasteiger partial charge in [0, 0.05) is 5.41 Å². The van der Waals surface area contributed by atoms with Gasteiger partial charge in [-0.15, -0.1) is 0 Å². The van der Waals surface area contributed by atoms with E-state index in [0.29, 0.717) is 6.42 Å². The van der Waals surface area contributed by atoms with Crippen molar-refractivity contribution >= 4 is 0 Å². The SMILES string of the molecule is Cc1ccc(C(CO)(CO)CC2CCC(C)O2)cc1. The summed E-state index contributed by atoms with van der Waals surface area (Å²) in [6, 6.07) is 8.04. The van der Waals surface area contributed by atoms with Crippen LogP contribution in [0.1, 0.15) is 37.3 Å². The van der Waals surface area contributed by atoms with Gasteiger partial charge in [-0.25, -0.2) is 0 Å². The van der Waals surface area contributed by atoms with Crippen LogP contribution in [0.5, 0.6) is 0 Å². The van der Waals surface area contributed by atoms with Crippen LogP contribution in [0, 0.1) is 6.92 Å². The van der Waals surface area contributed by atoms with Crippen LogP contribution in [0.15, 0.2) is 24.3 Å². The Kier molecular flexibility index (Phi) is 4.61. The molecule has 19 heavy (non-hydrogen) atoms. The summed E-state index contributed by atoms with van der Waals surface area (Å²) in [6.07, 6.45) is 3.17. The number of rotatable bonds is 5. The number of benzene rings is 1. The molecule has 0 radical (unpaired) electrons. The van der Waals surface area contributed by atoms with Crippen molar-refractivity contribution < 1.29 is 14.9 Å². The van der Waals surface area contributed by atoms with Crippen molar-refractivity contribution in [1.82, 2.24) is 0 Å². The number of ether oxygens (including phenoxy) is 1. The first-order valence-corrected chi connectivity index (χ1v) is 7.04. The molecule has 1 heterocycles. The van der Waals surface area contributed by atoms with Gasteiger partial charge >= 0.3 is 0 Å². The zero-order valence-electron chi connectivity index (χ0n) is 11.8. The Morgan fingerprint density at radius 1 is 1.16 bits per heavy atom. The highest BCUT2D eigenvalue weighted by atomic mass is 16.5. The number of hydrogen-bond acceptors (Lipinski definition) is 3. The summed E-state index contributed by atoms with van der Waals surface area (Å²) in [7, 11) is 0. The van der Waals surface area contributed by atoms with Gasteiger partial charge in [0.05, 0.1) is 25.4 Å². The maximum Gasteiger partial charge on any atom is 0.0590 e. The Hall–Kier alpha value is -0.900. The van der Waals surface area contributed by atoms with Gasteiger partial charge in [0.1, 0.15) is 0 Å². The van der Waals surface area contributed by atoms with Gasteiger partial charge in [-0.2, -0.15) is 0 Å². The largest absolute Gasteiger partial charge is 0.395 e. The van der Waals surface area contributed by atoms with Crippen LogP contribution < -0.4 is 0 Å². The molecule has 3 heteroatoms. The molecule has 0 aromatic heterocycles. The molecule has 0 aliphatic carbocycles. The minimum absolute atomic E-state index is 0.0548. The first-order chi connectivity index (χ1) is 9.09. The average molecular weight is 264 g/mol. The van der Waals surface area contributed by atoms with Crippen LogP contribution in [0.3, 0.4) is 0 Å². The average Bonchev–Trinajstić information content (AvgIpc) is 2.82. The van der Waals surface area contributed by atoms with Crippen molar-refractivity contribution in [3.05, 3.63) is 35.4 Å². The van der Waals surface area contributed by atoms with Crippen LogP contribution in [0.25, 0.3) is 0 Å². The Morgan fingerprint density at radius 3 is 2.26 bits per heavy atom. The van der Waals surface area contributed by atoms with Crippen LogP contribution in [0.2, 0.25) is 0 Å². The van der Waals surface area contributed by atoms with Crippen molar-refractivity contribution in [2.45, 2.75) is 50.7 Å². The lowest BCUT2D eigenvalue weighted by atomic mass is 9.76. The highest BCUT2D eigenvalue weighted by molar-refractivity contribution is 5.29. The van der Waals surface area contributed by atoms with Crippen LogP contribution in [-0.2, 0) is 10.2 Å². The lowest BCUT2D eigenvalue weighted by Gasteiger charge is -2.33. The second-order valence-corrected chi connectivity index (χ2v) is 5.81. The Bertz CT molecular complexity index is 395. The van der Waals surface area contributed by atoms with E-state index in [1.54, 1.807) is 0 Å². The third-order valence-electron chi connectivity index (χ3n) is 4.21. The molecular weight excluding hydrogens is 240 g/mol. The molecule has 1 aliphatic heterocycles. The number of hydrogen-bond donors (Lipinski definition) is 2. The molecule has 2 unspecified atom stereocenters. The first-order valence-electron chi connectivity index (χ1n) is 7.04. The van der Waals surface area contributed by atoms with Gasteiger partial charge in [-0.05, 0) is 38.7 Å². The zero-order valence-corrected chi connectivity index (χ0v) is 11.8. The molecule has 1 aromatic carbocycles. The summed E-state index contributed by atoms with van der Waals surface area (Å²) >= 11 is 0. The third-order valence-corrected chi connectivity index (χ3v) is 4.21. The molecular formula is C16H24O3. The summed E-state index contributed by atoms with van der Waals surface area (Å²) in [5, 5.41) is 19.6. The number of aryl methyl sites for hydroxylation is 1. The number of aliphatic hydroxyl groups excluding tert-OH is 2. The number of aliphatic hydroxyl groups is 2. The molecule has 2 atom stereocenters. The molecule has 3 nitrogen and oxygen atoms in total. The second kappa shape index (κ2) is 6.04. The summed E-state index contributed by atoms with van der Waals surface area (Å²) in [4.78, 5) is 0. The van der Waals surface area contributed by atoms with E-state index >= 15 is 0 Å². The van der Waals surface area contributed by atoms with E-state index in [0.717, 1.165) is 18.4 Å². The molecule has 1 aromatic rings. The Balaban J connectivity index is 2.19. The van der Waals surface area contributed by atoms with Crippen molar-refractivity contribution in [3.8, 4) is 0 Å². The minimum Gasteiger partial charge on any atom is -0.395 e. The van der Waals surface area contributed by atoms with Crippen molar-refractivity contribution in [1.29, 1.82) is 0 Å². The van der Waals surface area contributed by atoms with E-state index in [2.05, 4.69) is 6.92 Å². The Labute approximate surface area is 115 Å². The van der Waals surface area contributed by atoms with Crippen LogP contribution in [-0.4, -0.2) is 35.6 Å². The maximum absolute atomic E-state index is 9.81. The molecule has 1 aliphatic rings. The second-order valence-electron chi connectivity index (χ2n) is 5.81. The topological polar surface area (TPSA) is 49.7 Å². The van der Waals surface area contributed by atoms with E-state index in [1.807, 2.05) is 31.2 Å². The van der Waals surface area contributed by atoms with Gasteiger partial charge in [-0.1, -0.05) is 29.8 Å². The lowest BCUT2D eigenvalue weighted by Crippen LogP contribution is -2.38. The van der Waals surface area contributed by atoms with Gasteiger partial charge in [0.25, 0.3) is 0 Å². The van der Waals surface area contributed by atoms with Crippen LogP contribution >= 0.6 is 0 Å². The minimum atomic E-state index is -0.595. The molecule has 1 saturated heterocycles. The normalized spacial score (nSPS) is 23.8. The molecule has 0 spiro atoms. The fourth-order valence-corrected chi connectivity index (χ4v) is 2.86. The molecule has 0 bridgehead atoms. The zero-order chi connectivity index (χ0) is 13.9. The molecule has 2 N–H and O–H groups in total. The van der Waals surface area contributed by atoms with E-state index in [4.69, 9.17) is 4.74 Å². The highest BCUT2D eigenvalue weighted by Crippen LogP contribution is 2.34.